The van der Waals surface area contributed by atoms with Gasteiger partial charge >= 0.3 is 0 Å². The van der Waals surface area contributed by atoms with Crippen LogP contribution in [-0.4, -0.2) is 24.4 Å². The largest absolute Gasteiger partial charge is 0.507 e. The third-order valence-corrected chi connectivity index (χ3v) is 7.09. The quantitative estimate of drug-likeness (QED) is 0.250. The highest BCUT2D eigenvalue weighted by Crippen LogP contribution is 2.49. The first-order valence-electron chi connectivity index (χ1n) is 12.4. The normalized spacial score (nSPS) is 11.1. The van der Waals surface area contributed by atoms with Crippen molar-refractivity contribution in [3.8, 4) is 56.4 Å². The summed E-state index contributed by atoms with van der Waals surface area (Å²) in [5, 5.41) is 25.7. The van der Waals surface area contributed by atoms with Crippen LogP contribution < -0.4 is 9.47 Å². The van der Waals surface area contributed by atoms with E-state index in [2.05, 4.69) is 0 Å². The Morgan fingerprint density at radius 1 is 0.421 bits per heavy atom. The van der Waals surface area contributed by atoms with Gasteiger partial charge in [-0.2, -0.15) is 0 Å². The maximum atomic E-state index is 11.4. The first-order valence-corrected chi connectivity index (χ1v) is 12.4. The van der Waals surface area contributed by atoms with Crippen molar-refractivity contribution in [3.63, 3.8) is 0 Å². The summed E-state index contributed by atoms with van der Waals surface area (Å²) >= 11 is 0. The summed E-state index contributed by atoms with van der Waals surface area (Å²) in [7, 11) is 3.22. The van der Waals surface area contributed by atoms with Gasteiger partial charge in [0.15, 0.2) is 0 Å². The van der Waals surface area contributed by atoms with Gasteiger partial charge in [0.25, 0.3) is 0 Å². The molecule has 0 aliphatic carbocycles. The van der Waals surface area contributed by atoms with Gasteiger partial charge in [-0.3, -0.25) is 0 Å². The molecule has 0 fully saturated rings. The van der Waals surface area contributed by atoms with E-state index in [9.17, 15) is 10.2 Å². The van der Waals surface area contributed by atoms with Crippen LogP contribution in [-0.2, 0) is 0 Å². The standard InChI is InChI=1S/C34H26O4/c1-37-31-19-29(33(35)25-15-13-23(17-27(25)31)21-9-5-3-6-10-21)30-20-32(38-2)28-18-24(14-16-26(28)34(30)36)22-11-7-4-8-12-22/h3-20,35-36H,1-2H3. The smallest absolute Gasteiger partial charge is 0.131 e. The summed E-state index contributed by atoms with van der Waals surface area (Å²) in [6.07, 6.45) is 0. The third-order valence-electron chi connectivity index (χ3n) is 7.09. The summed E-state index contributed by atoms with van der Waals surface area (Å²) in [6.45, 7) is 0. The Kier molecular flexibility index (Phi) is 5.85. The van der Waals surface area contributed by atoms with E-state index in [1.807, 2.05) is 97.1 Å². The lowest BCUT2D eigenvalue weighted by Crippen LogP contribution is -1.93. The molecule has 0 amide bonds. The van der Waals surface area contributed by atoms with E-state index < -0.39 is 0 Å². The van der Waals surface area contributed by atoms with Gasteiger partial charge in [0.05, 0.1) is 14.2 Å². The number of hydrogen-bond acceptors (Lipinski definition) is 4. The number of hydrogen-bond donors (Lipinski definition) is 2. The molecule has 0 saturated heterocycles. The summed E-state index contributed by atoms with van der Waals surface area (Å²) in [5.41, 5.74) is 5.12. The molecule has 6 aromatic rings. The molecule has 0 heterocycles. The molecule has 0 spiro atoms. The van der Waals surface area contributed by atoms with Crippen molar-refractivity contribution in [3.05, 3.63) is 109 Å². The molecule has 0 aromatic heterocycles. The van der Waals surface area contributed by atoms with E-state index in [4.69, 9.17) is 9.47 Å². The van der Waals surface area contributed by atoms with Crippen LogP contribution in [0.2, 0.25) is 0 Å². The molecule has 0 aliphatic rings. The topological polar surface area (TPSA) is 58.9 Å². The number of benzene rings is 6. The number of ether oxygens (including phenoxy) is 2. The second kappa shape index (κ2) is 9.49. The molecule has 2 N–H and O–H groups in total. The van der Waals surface area contributed by atoms with Crippen molar-refractivity contribution < 1.29 is 19.7 Å². The highest BCUT2D eigenvalue weighted by molar-refractivity contribution is 6.06. The lowest BCUT2D eigenvalue weighted by Gasteiger charge is -2.17. The molecule has 4 nitrogen and oxygen atoms in total. The molecule has 0 aliphatic heterocycles. The number of aromatic hydroxyl groups is 2. The van der Waals surface area contributed by atoms with E-state index in [-0.39, 0.29) is 11.5 Å². The summed E-state index contributed by atoms with van der Waals surface area (Å²) in [5.74, 6) is 1.34. The van der Waals surface area contributed by atoms with E-state index in [1.165, 1.54) is 0 Å². The zero-order valence-corrected chi connectivity index (χ0v) is 21.1. The monoisotopic (exact) mass is 498 g/mol. The fraction of sp³-hybridized carbons (Fsp3) is 0.0588. The number of phenols is 2. The Bertz CT molecular complexity index is 1660. The Balaban J connectivity index is 1.55. The van der Waals surface area contributed by atoms with Crippen LogP contribution in [0.25, 0.3) is 54.9 Å². The Hall–Kier alpha value is -4.96. The minimum Gasteiger partial charge on any atom is -0.507 e. The van der Waals surface area contributed by atoms with Gasteiger partial charge in [-0.25, -0.2) is 0 Å². The minimum atomic E-state index is 0.0676. The lowest BCUT2D eigenvalue weighted by atomic mass is 9.92. The maximum absolute atomic E-state index is 11.4. The van der Waals surface area contributed by atoms with E-state index >= 15 is 0 Å². The van der Waals surface area contributed by atoms with Crippen LogP contribution in [0.1, 0.15) is 0 Å². The van der Waals surface area contributed by atoms with Gasteiger partial charge in [-0.15, -0.1) is 0 Å². The van der Waals surface area contributed by atoms with Gasteiger partial charge in [0.1, 0.15) is 23.0 Å². The van der Waals surface area contributed by atoms with Crippen molar-refractivity contribution in [2.45, 2.75) is 0 Å². The van der Waals surface area contributed by atoms with Crippen molar-refractivity contribution >= 4 is 21.5 Å². The summed E-state index contributed by atoms with van der Waals surface area (Å²) in [6, 6.07) is 35.4. The number of rotatable bonds is 5. The van der Waals surface area contributed by atoms with Gasteiger partial charge in [-0.05, 0) is 58.7 Å². The third kappa shape index (κ3) is 3.87. The van der Waals surface area contributed by atoms with Crippen LogP contribution in [0.15, 0.2) is 109 Å². The average molecular weight is 499 g/mol. The first kappa shape index (κ1) is 23.4. The van der Waals surface area contributed by atoms with Crippen molar-refractivity contribution in [2.24, 2.45) is 0 Å². The fourth-order valence-corrected chi connectivity index (χ4v) is 5.12. The first-order chi connectivity index (χ1) is 18.6. The van der Waals surface area contributed by atoms with Gasteiger partial charge < -0.3 is 19.7 Å². The molecular formula is C34H26O4. The summed E-state index contributed by atoms with van der Waals surface area (Å²) in [4.78, 5) is 0. The average Bonchev–Trinajstić information content (AvgIpc) is 2.98. The van der Waals surface area contributed by atoms with Crippen LogP contribution >= 0.6 is 0 Å². The van der Waals surface area contributed by atoms with Gasteiger partial charge in [0, 0.05) is 32.7 Å². The molecule has 6 rings (SSSR count). The van der Waals surface area contributed by atoms with Crippen molar-refractivity contribution in [1.29, 1.82) is 0 Å². The highest BCUT2D eigenvalue weighted by Gasteiger charge is 2.20. The molecule has 6 aromatic carbocycles. The van der Waals surface area contributed by atoms with E-state index in [0.29, 0.717) is 33.4 Å². The van der Waals surface area contributed by atoms with E-state index in [1.54, 1.807) is 26.4 Å². The predicted octanol–water partition coefficient (Wildman–Crippen LogP) is 8.42. The van der Waals surface area contributed by atoms with E-state index in [0.717, 1.165) is 33.0 Å². The Morgan fingerprint density at radius 3 is 1.18 bits per heavy atom. The van der Waals surface area contributed by atoms with Crippen LogP contribution in [0.3, 0.4) is 0 Å². The predicted molar refractivity (Wildman–Crippen MR) is 154 cm³/mol. The maximum Gasteiger partial charge on any atom is 0.131 e. The molecular weight excluding hydrogens is 472 g/mol. The number of fused-ring (bicyclic) bond motifs is 2. The molecule has 0 radical (unpaired) electrons. The molecule has 38 heavy (non-hydrogen) atoms. The Labute approximate surface area is 221 Å². The number of methoxy groups -OCH3 is 2. The molecule has 0 saturated carbocycles. The molecule has 0 unspecified atom stereocenters. The lowest BCUT2D eigenvalue weighted by molar-refractivity contribution is 0.417. The van der Waals surface area contributed by atoms with Gasteiger partial charge in [0.2, 0.25) is 0 Å². The molecule has 186 valence electrons. The second-order valence-electron chi connectivity index (χ2n) is 9.20. The summed E-state index contributed by atoms with van der Waals surface area (Å²) < 4.78 is 11.5. The fourth-order valence-electron chi connectivity index (χ4n) is 5.12. The highest BCUT2D eigenvalue weighted by atomic mass is 16.5. The van der Waals surface area contributed by atoms with Gasteiger partial charge in [-0.1, -0.05) is 72.8 Å². The zero-order chi connectivity index (χ0) is 26.2. The van der Waals surface area contributed by atoms with Crippen molar-refractivity contribution in [1.82, 2.24) is 0 Å². The van der Waals surface area contributed by atoms with Crippen LogP contribution in [0.4, 0.5) is 0 Å². The van der Waals surface area contributed by atoms with Crippen LogP contribution in [0.5, 0.6) is 23.0 Å². The number of phenolic OH excluding ortho intramolecular Hbond substituents is 2. The molecule has 0 atom stereocenters. The SMILES string of the molecule is COc1cc(-c2cc(OC)c3cc(-c4ccccc4)ccc3c2O)c(O)c2ccc(-c3ccccc3)cc12. The van der Waals surface area contributed by atoms with Crippen molar-refractivity contribution in [2.75, 3.05) is 14.2 Å². The zero-order valence-electron chi connectivity index (χ0n) is 21.1. The second-order valence-corrected chi connectivity index (χ2v) is 9.20. The molecule has 4 heteroatoms. The van der Waals surface area contributed by atoms with Crippen LogP contribution in [0, 0.1) is 0 Å². The Morgan fingerprint density at radius 2 is 0.816 bits per heavy atom. The molecule has 0 bridgehead atoms. The minimum absolute atomic E-state index is 0.0676.